The highest BCUT2D eigenvalue weighted by Gasteiger charge is 2.41. The van der Waals surface area contributed by atoms with E-state index in [4.69, 9.17) is 4.43 Å². The summed E-state index contributed by atoms with van der Waals surface area (Å²) in [5.74, 6) is -0.360. The first-order chi connectivity index (χ1) is 10.4. The molecular weight excluding hydrogens is 306 g/mol. The summed E-state index contributed by atoms with van der Waals surface area (Å²) in [7, 11) is -1.92. The summed E-state index contributed by atoms with van der Waals surface area (Å²) in [5, 5.41) is 0.0963. The number of allylic oxidation sites excluding steroid dienone is 1. The van der Waals surface area contributed by atoms with Crippen LogP contribution in [-0.2, 0) is 14.0 Å². The number of rotatable bonds is 7. The van der Waals surface area contributed by atoms with Crippen molar-refractivity contribution in [2.24, 2.45) is 0 Å². The Bertz CT molecular complexity index is 505. The van der Waals surface area contributed by atoms with Gasteiger partial charge >= 0.3 is 0 Å². The van der Waals surface area contributed by atoms with Crippen LogP contribution in [0.4, 0.5) is 0 Å². The van der Waals surface area contributed by atoms with Crippen LogP contribution in [0.5, 0.6) is 0 Å². The molecule has 0 N–H and O–H groups in total. The Balaban J connectivity index is 2.93. The molecule has 23 heavy (non-hydrogen) atoms. The normalized spacial score (nSPS) is 18.0. The molecule has 0 fully saturated rings. The van der Waals surface area contributed by atoms with Gasteiger partial charge in [-0.2, -0.15) is 0 Å². The molecule has 4 nitrogen and oxygen atoms in total. The summed E-state index contributed by atoms with van der Waals surface area (Å²) in [5.41, 5.74) is 1.09. The zero-order valence-corrected chi connectivity index (χ0v) is 16.7. The number of hydrogen-bond acceptors (Lipinski definition) is 3. The first kappa shape index (κ1) is 19.8. The van der Waals surface area contributed by atoms with Crippen LogP contribution >= 0.6 is 0 Å². The summed E-state index contributed by atoms with van der Waals surface area (Å²) >= 11 is 0. The topological polar surface area (TPSA) is 46.6 Å². The Morgan fingerprint density at radius 3 is 2.04 bits per heavy atom. The summed E-state index contributed by atoms with van der Waals surface area (Å²) in [6.07, 6.45) is 3.26. The molecule has 1 unspecified atom stereocenters. The maximum Gasteiger partial charge on any atom is 0.257 e. The van der Waals surface area contributed by atoms with E-state index in [0.29, 0.717) is 24.2 Å². The van der Waals surface area contributed by atoms with Crippen molar-refractivity contribution in [2.45, 2.75) is 71.6 Å². The molecule has 0 spiro atoms. The van der Waals surface area contributed by atoms with Gasteiger partial charge in [-0.15, -0.1) is 6.58 Å². The molecule has 1 aliphatic heterocycles. The van der Waals surface area contributed by atoms with Crippen LogP contribution < -0.4 is 0 Å². The zero-order chi connectivity index (χ0) is 18.0. The quantitative estimate of drug-likeness (QED) is 0.400. The van der Waals surface area contributed by atoms with Gasteiger partial charge in [0.15, 0.2) is 8.32 Å². The minimum atomic E-state index is -1.92. The van der Waals surface area contributed by atoms with E-state index in [1.807, 2.05) is 6.08 Å². The van der Waals surface area contributed by atoms with Crippen molar-refractivity contribution in [3.05, 3.63) is 23.8 Å². The van der Waals surface area contributed by atoms with Crippen molar-refractivity contribution >= 4 is 20.1 Å². The molecule has 0 aromatic heterocycles. The monoisotopic (exact) mass is 337 g/mol. The van der Waals surface area contributed by atoms with E-state index in [1.165, 1.54) is 4.90 Å². The number of amides is 2. The molecule has 1 rings (SSSR count). The molecule has 5 heteroatoms. The van der Waals surface area contributed by atoms with Gasteiger partial charge in [0.05, 0.1) is 12.6 Å². The summed E-state index contributed by atoms with van der Waals surface area (Å²) in [4.78, 5) is 26.2. The highest BCUT2D eigenvalue weighted by molar-refractivity contribution is 6.74. The molecule has 2 amide bonds. The average molecular weight is 338 g/mol. The second-order valence-electron chi connectivity index (χ2n) is 7.82. The second-order valence-corrected chi connectivity index (χ2v) is 12.6. The lowest BCUT2D eigenvalue weighted by atomic mass is 10.1. The molecule has 0 aromatic carbocycles. The van der Waals surface area contributed by atoms with Crippen molar-refractivity contribution in [2.75, 3.05) is 6.61 Å². The van der Waals surface area contributed by atoms with E-state index in [0.717, 1.165) is 6.42 Å². The van der Waals surface area contributed by atoms with Gasteiger partial charge in [-0.05, 0) is 44.8 Å². The lowest BCUT2D eigenvalue weighted by Gasteiger charge is -2.38. The third-order valence-corrected chi connectivity index (χ3v) is 9.65. The lowest BCUT2D eigenvalue weighted by molar-refractivity contribution is -0.141. The minimum Gasteiger partial charge on any atom is -0.415 e. The van der Waals surface area contributed by atoms with Gasteiger partial charge in [-0.1, -0.05) is 26.8 Å². The molecule has 0 aromatic rings. The summed E-state index contributed by atoms with van der Waals surface area (Å²) in [6, 6.07) is -0.227. The predicted molar refractivity (Wildman–Crippen MR) is 96.6 cm³/mol. The van der Waals surface area contributed by atoms with E-state index in [1.54, 1.807) is 13.8 Å². The molecule has 1 aliphatic rings. The van der Waals surface area contributed by atoms with Gasteiger partial charge in [0.25, 0.3) is 11.8 Å². The number of carbonyl (C=O) groups is 2. The molecule has 0 saturated heterocycles. The predicted octanol–water partition coefficient (Wildman–Crippen LogP) is 4.05. The van der Waals surface area contributed by atoms with E-state index < -0.39 is 8.32 Å². The number of carbonyl (C=O) groups excluding carboxylic acids is 2. The minimum absolute atomic E-state index is 0.0963. The zero-order valence-electron chi connectivity index (χ0n) is 15.7. The Labute approximate surface area is 141 Å². The fraction of sp³-hybridized carbons (Fsp3) is 0.667. The molecule has 1 atom stereocenters. The first-order valence-corrected chi connectivity index (χ1v) is 11.1. The van der Waals surface area contributed by atoms with Crippen LogP contribution in [0.2, 0.25) is 18.1 Å². The molecule has 0 radical (unpaired) electrons. The van der Waals surface area contributed by atoms with Gasteiger partial charge in [-0.25, -0.2) is 0 Å². The van der Waals surface area contributed by atoms with Crippen molar-refractivity contribution in [1.29, 1.82) is 0 Å². The van der Waals surface area contributed by atoms with Crippen molar-refractivity contribution < 1.29 is 14.0 Å². The summed E-state index contributed by atoms with van der Waals surface area (Å²) in [6.45, 7) is 18.5. The standard InChI is InChI=1S/C18H31NO3Si/c1-9-10-11-15(12-22-23(7,8)18(4,5)6)19-16(20)13(2)14(3)17(19)21/h9,15H,1,10-12H2,2-8H3. The van der Waals surface area contributed by atoms with E-state index in [2.05, 4.69) is 40.4 Å². The van der Waals surface area contributed by atoms with Gasteiger partial charge in [0.1, 0.15) is 0 Å². The van der Waals surface area contributed by atoms with E-state index in [9.17, 15) is 9.59 Å². The maximum atomic E-state index is 12.4. The Morgan fingerprint density at radius 2 is 1.65 bits per heavy atom. The number of nitrogens with zero attached hydrogens (tertiary/aromatic N) is 1. The van der Waals surface area contributed by atoms with Gasteiger partial charge in [-0.3, -0.25) is 14.5 Å². The second kappa shape index (κ2) is 7.14. The van der Waals surface area contributed by atoms with Crippen molar-refractivity contribution in [3.63, 3.8) is 0 Å². The van der Waals surface area contributed by atoms with Crippen LogP contribution in [0, 0.1) is 0 Å². The fourth-order valence-corrected chi connectivity index (χ4v) is 3.27. The molecule has 1 heterocycles. The van der Waals surface area contributed by atoms with Crippen LogP contribution in [0.1, 0.15) is 47.5 Å². The highest BCUT2D eigenvalue weighted by Crippen LogP contribution is 2.37. The lowest BCUT2D eigenvalue weighted by Crippen LogP contribution is -2.48. The third-order valence-electron chi connectivity index (χ3n) is 5.15. The Hall–Kier alpha value is -1.20. The smallest absolute Gasteiger partial charge is 0.257 e. The fourth-order valence-electron chi connectivity index (χ4n) is 2.22. The third kappa shape index (κ3) is 4.21. The van der Waals surface area contributed by atoms with Crippen molar-refractivity contribution in [1.82, 2.24) is 4.90 Å². The Kier molecular flexibility index (Phi) is 6.16. The number of imide groups is 1. The van der Waals surface area contributed by atoms with Crippen LogP contribution in [0.3, 0.4) is 0 Å². The molecule has 0 bridgehead atoms. The van der Waals surface area contributed by atoms with Crippen LogP contribution in [0.15, 0.2) is 23.8 Å². The van der Waals surface area contributed by atoms with E-state index >= 15 is 0 Å². The largest absolute Gasteiger partial charge is 0.415 e. The van der Waals surface area contributed by atoms with Crippen LogP contribution in [0.25, 0.3) is 0 Å². The SMILES string of the molecule is C=CCCC(CO[Si](C)(C)C(C)(C)C)N1C(=O)C(C)=C(C)C1=O. The van der Waals surface area contributed by atoms with Gasteiger partial charge < -0.3 is 4.43 Å². The van der Waals surface area contributed by atoms with Crippen LogP contribution in [-0.4, -0.2) is 37.7 Å². The average Bonchev–Trinajstić information content (AvgIpc) is 2.63. The first-order valence-electron chi connectivity index (χ1n) is 8.24. The number of hydrogen-bond donors (Lipinski definition) is 0. The van der Waals surface area contributed by atoms with E-state index in [-0.39, 0.29) is 22.9 Å². The molecular formula is C18H31NO3Si. The van der Waals surface area contributed by atoms with Gasteiger partial charge in [0, 0.05) is 11.1 Å². The van der Waals surface area contributed by atoms with Crippen molar-refractivity contribution in [3.8, 4) is 0 Å². The summed E-state index contributed by atoms with van der Waals surface area (Å²) < 4.78 is 6.27. The molecule has 0 aliphatic carbocycles. The molecule has 130 valence electrons. The van der Waals surface area contributed by atoms with Gasteiger partial charge in [0.2, 0.25) is 0 Å². The molecule has 0 saturated carbocycles. The maximum absolute atomic E-state index is 12.4. The highest BCUT2D eigenvalue weighted by atomic mass is 28.4. The Morgan fingerprint density at radius 1 is 1.17 bits per heavy atom.